The third-order valence-electron chi connectivity index (χ3n) is 7.61. The number of nitrogens with one attached hydrogen (secondary N) is 2. The van der Waals surface area contributed by atoms with Crippen LogP contribution in [0.5, 0.6) is 11.5 Å². The minimum atomic E-state index is -0.644. The molecule has 1 aromatic heterocycles. The Bertz CT molecular complexity index is 2000. The van der Waals surface area contributed by atoms with Gasteiger partial charge in [0, 0.05) is 27.2 Å². The van der Waals surface area contributed by atoms with Crippen molar-refractivity contribution in [1.29, 1.82) is 0 Å². The molecule has 0 radical (unpaired) electrons. The summed E-state index contributed by atoms with van der Waals surface area (Å²) in [5.74, 6) is 1.91. The summed E-state index contributed by atoms with van der Waals surface area (Å²) in [6.45, 7) is 6.49. The second-order valence-corrected chi connectivity index (χ2v) is 13.8. The van der Waals surface area contributed by atoms with Gasteiger partial charge in [0.1, 0.15) is 12.6 Å². The fraction of sp³-hybridized carbons (Fsp3) is 0.194. The highest BCUT2D eigenvalue weighted by molar-refractivity contribution is 9.10. The zero-order valence-corrected chi connectivity index (χ0v) is 30.3. The van der Waals surface area contributed by atoms with Crippen molar-refractivity contribution in [3.05, 3.63) is 133 Å². The largest absolute Gasteiger partial charge is 0.490 e. The molecule has 246 valence electrons. The van der Waals surface area contributed by atoms with Crippen LogP contribution in [-0.2, 0) is 17.2 Å². The quantitative estimate of drug-likeness (QED) is 0.130. The van der Waals surface area contributed by atoms with Gasteiger partial charge in [0.05, 0.1) is 16.7 Å². The maximum atomic E-state index is 14.1. The highest BCUT2D eigenvalue weighted by atomic mass is 79.9. The number of rotatable bonds is 11. The van der Waals surface area contributed by atoms with Crippen LogP contribution in [0, 0.1) is 6.92 Å². The van der Waals surface area contributed by atoms with Gasteiger partial charge < -0.3 is 20.1 Å². The van der Waals surface area contributed by atoms with Crippen LogP contribution in [-0.4, -0.2) is 27.3 Å². The number of carbonyl (C=O) groups excluding carboxylic acids is 1. The molecule has 8 nitrogen and oxygen atoms in total. The predicted octanol–water partition coefficient (Wildman–Crippen LogP) is 9.85. The van der Waals surface area contributed by atoms with E-state index in [-0.39, 0.29) is 5.91 Å². The Labute approximate surface area is 302 Å². The Morgan fingerprint density at radius 3 is 2.56 bits per heavy atom. The number of halogens is 3. The van der Waals surface area contributed by atoms with E-state index < -0.39 is 6.04 Å². The van der Waals surface area contributed by atoms with E-state index in [4.69, 9.17) is 42.8 Å². The number of amides is 1. The normalized spacial score (nSPS) is 13.9. The molecule has 2 N–H and O–H groups in total. The molecule has 0 saturated carbocycles. The number of aromatic nitrogens is 3. The summed E-state index contributed by atoms with van der Waals surface area (Å²) < 4.78 is 14.8. The lowest BCUT2D eigenvalue weighted by molar-refractivity contribution is -0.113. The van der Waals surface area contributed by atoms with E-state index in [1.165, 1.54) is 11.8 Å². The van der Waals surface area contributed by atoms with Crippen LogP contribution >= 0.6 is 50.9 Å². The second kappa shape index (κ2) is 15.1. The van der Waals surface area contributed by atoms with Crippen LogP contribution in [0.25, 0.3) is 0 Å². The molecule has 1 amide bonds. The maximum Gasteiger partial charge on any atom is 0.255 e. The molecule has 1 atom stereocenters. The number of benzene rings is 4. The molecule has 48 heavy (non-hydrogen) atoms. The fourth-order valence-corrected chi connectivity index (χ4v) is 7.17. The molecule has 0 saturated heterocycles. The maximum absolute atomic E-state index is 14.1. The van der Waals surface area contributed by atoms with E-state index in [0.29, 0.717) is 73.0 Å². The third-order valence-corrected chi connectivity index (χ3v) is 9.71. The van der Waals surface area contributed by atoms with Gasteiger partial charge in [-0.05, 0) is 101 Å². The summed E-state index contributed by atoms with van der Waals surface area (Å²) in [5.41, 5.74) is 5.57. The van der Waals surface area contributed by atoms with E-state index in [2.05, 4.69) is 26.6 Å². The fourth-order valence-electron chi connectivity index (χ4n) is 5.36. The van der Waals surface area contributed by atoms with Gasteiger partial charge in [0.2, 0.25) is 11.1 Å². The molecule has 4 aromatic carbocycles. The number of hydrogen-bond donors (Lipinski definition) is 2. The number of anilines is 2. The highest BCUT2D eigenvalue weighted by Gasteiger charge is 2.35. The summed E-state index contributed by atoms with van der Waals surface area (Å²) in [6.07, 6.45) is 0. The number of thioether (sulfide) groups is 1. The molecule has 12 heteroatoms. The van der Waals surface area contributed by atoms with Crippen molar-refractivity contribution in [3.63, 3.8) is 0 Å². The topological polar surface area (TPSA) is 90.3 Å². The molecular weight excluding hydrogens is 733 g/mol. The molecule has 0 spiro atoms. The average molecular weight is 766 g/mol. The Hall–Kier alpha value is -3.96. The lowest BCUT2D eigenvalue weighted by Gasteiger charge is -2.29. The summed E-state index contributed by atoms with van der Waals surface area (Å²) in [6, 6.07) is 26.1. The number of carbonyl (C=O) groups is 1. The predicted molar refractivity (Wildman–Crippen MR) is 196 cm³/mol. The van der Waals surface area contributed by atoms with Gasteiger partial charge >= 0.3 is 0 Å². The molecule has 5 aromatic rings. The lowest BCUT2D eigenvalue weighted by atomic mass is 9.94. The van der Waals surface area contributed by atoms with Crippen molar-refractivity contribution in [2.75, 3.05) is 17.2 Å². The number of aryl methyl sites for hydroxylation is 1. The van der Waals surface area contributed by atoms with Crippen molar-refractivity contribution in [2.45, 2.75) is 44.3 Å². The molecular formula is C36H32BrCl2N5O3S. The molecule has 1 aliphatic heterocycles. The van der Waals surface area contributed by atoms with Gasteiger partial charge in [-0.15, -0.1) is 5.10 Å². The number of ether oxygens (including phenoxy) is 2. The van der Waals surface area contributed by atoms with E-state index in [0.717, 1.165) is 22.3 Å². The van der Waals surface area contributed by atoms with Crippen molar-refractivity contribution in [2.24, 2.45) is 0 Å². The monoisotopic (exact) mass is 763 g/mol. The van der Waals surface area contributed by atoms with E-state index in [1.807, 2.05) is 106 Å². The Morgan fingerprint density at radius 1 is 1.02 bits per heavy atom. The summed E-state index contributed by atoms with van der Waals surface area (Å²) in [7, 11) is 0. The first-order chi connectivity index (χ1) is 23.2. The first-order valence-corrected chi connectivity index (χ1v) is 17.8. The summed E-state index contributed by atoms with van der Waals surface area (Å²) >= 11 is 17.7. The Balaban J connectivity index is 1.39. The molecule has 2 heterocycles. The van der Waals surface area contributed by atoms with Crippen molar-refractivity contribution in [1.82, 2.24) is 14.8 Å². The van der Waals surface area contributed by atoms with Crippen LogP contribution in [0.4, 0.5) is 11.6 Å². The molecule has 0 aliphatic carbocycles. The van der Waals surface area contributed by atoms with Crippen molar-refractivity contribution >= 4 is 68.4 Å². The van der Waals surface area contributed by atoms with Gasteiger partial charge in [0.25, 0.3) is 5.91 Å². The smallest absolute Gasteiger partial charge is 0.255 e. The van der Waals surface area contributed by atoms with Crippen LogP contribution in [0.3, 0.4) is 0 Å². The van der Waals surface area contributed by atoms with Gasteiger partial charge in [-0.25, -0.2) is 4.68 Å². The first kappa shape index (κ1) is 33.9. The van der Waals surface area contributed by atoms with Crippen molar-refractivity contribution < 1.29 is 14.3 Å². The SMILES string of the molecule is CCOc1cc(C2C(C(=O)Nc3cccc(C)c3)=C(C)Nc3nc(SCc4ccccc4Cl)nn32)cc(Br)c1OCc1ccc(Cl)cc1. The van der Waals surface area contributed by atoms with E-state index in [9.17, 15) is 4.79 Å². The van der Waals surface area contributed by atoms with Crippen LogP contribution in [0.1, 0.15) is 42.1 Å². The molecule has 0 fully saturated rings. The van der Waals surface area contributed by atoms with Gasteiger partial charge in [-0.1, -0.05) is 77.4 Å². The highest BCUT2D eigenvalue weighted by Crippen LogP contribution is 2.44. The summed E-state index contributed by atoms with van der Waals surface area (Å²) in [5, 5.41) is 13.2. The minimum absolute atomic E-state index is 0.265. The number of nitrogens with zero attached hydrogens (tertiary/aromatic N) is 3. The zero-order chi connectivity index (χ0) is 33.8. The lowest BCUT2D eigenvalue weighted by Crippen LogP contribution is -2.31. The van der Waals surface area contributed by atoms with Gasteiger partial charge in [0.15, 0.2) is 11.5 Å². The average Bonchev–Trinajstić information content (AvgIpc) is 3.46. The van der Waals surface area contributed by atoms with Crippen LogP contribution in [0.15, 0.2) is 106 Å². The summed E-state index contributed by atoms with van der Waals surface area (Å²) in [4.78, 5) is 18.9. The standard InChI is InChI=1S/C36H32BrCl2N5O3S/c1-4-46-30-18-25(17-28(37)33(30)47-19-23-12-14-26(38)15-13-23)32-31(34(45)41-27-10-7-8-21(2)16-27)22(3)40-35-42-36(43-44(32)35)48-20-24-9-5-6-11-29(24)39/h5-18,32H,4,19-20H2,1-3H3,(H,41,45)(H,40,42,43). The van der Waals surface area contributed by atoms with Crippen LogP contribution in [0.2, 0.25) is 10.0 Å². The Morgan fingerprint density at radius 2 is 1.81 bits per heavy atom. The molecule has 0 bridgehead atoms. The molecule has 1 aliphatic rings. The number of hydrogen-bond acceptors (Lipinski definition) is 7. The van der Waals surface area contributed by atoms with Gasteiger partial charge in [-0.2, -0.15) is 4.98 Å². The van der Waals surface area contributed by atoms with Crippen molar-refractivity contribution in [3.8, 4) is 11.5 Å². The number of allylic oxidation sites excluding steroid dienone is 1. The van der Waals surface area contributed by atoms with Gasteiger partial charge in [-0.3, -0.25) is 4.79 Å². The minimum Gasteiger partial charge on any atom is -0.490 e. The second-order valence-electron chi connectivity index (χ2n) is 11.1. The third kappa shape index (κ3) is 7.68. The molecule has 6 rings (SSSR count). The first-order valence-electron chi connectivity index (χ1n) is 15.2. The van der Waals surface area contributed by atoms with Crippen LogP contribution < -0.4 is 20.1 Å². The number of fused-ring (bicyclic) bond motifs is 1. The molecule has 1 unspecified atom stereocenters. The van der Waals surface area contributed by atoms with E-state index in [1.54, 1.807) is 4.68 Å². The zero-order valence-electron chi connectivity index (χ0n) is 26.4. The van der Waals surface area contributed by atoms with E-state index >= 15 is 0 Å². The Kier molecular flexibility index (Phi) is 10.7.